The summed E-state index contributed by atoms with van der Waals surface area (Å²) in [7, 11) is 0. The van der Waals surface area contributed by atoms with E-state index in [4.69, 9.17) is 10.2 Å². The Labute approximate surface area is 84.5 Å². The molecule has 2 atom stereocenters. The maximum Gasteiger partial charge on any atom is 0.308 e. The van der Waals surface area contributed by atoms with Crippen molar-refractivity contribution in [3.63, 3.8) is 0 Å². The fourth-order valence-corrected chi connectivity index (χ4v) is 2.07. The third-order valence-corrected chi connectivity index (χ3v) is 2.92. The minimum absolute atomic E-state index is 0.114. The van der Waals surface area contributed by atoms with Gasteiger partial charge in [0.2, 0.25) is 0 Å². The third-order valence-electron chi connectivity index (χ3n) is 2.92. The van der Waals surface area contributed by atoms with Crippen molar-refractivity contribution in [1.82, 2.24) is 4.90 Å². The zero-order valence-corrected chi connectivity index (χ0v) is 8.65. The molecule has 2 unspecified atom stereocenters. The number of rotatable bonds is 6. The van der Waals surface area contributed by atoms with Crippen molar-refractivity contribution < 1.29 is 15.0 Å². The Hall–Kier alpha value is -0.610. The molecule has 0 aromatic carbocycles. The van der Waals surface area contributed by atoms with E-state index in [-0.39, 0.29) is 18.6 Å². The van der Waals surface area contributed by atoms with E-state index < -0.39 is 5.97 Å². The summed E-state index contributed by atoms with van der Waals surface area (Å²) >= 11 is 0. The summed E-state index contributed by atoms with van der Waals surface area (Å²) in [6.07, 6.45) is 2.74. The fourth-order valence-electron chi connectivity index (χ4n) is 2.07. The van der Waals surface area contributed by atoms with Crippen LogP contribution in [-0.2, 0) is 4.79 Å². The molecule has 0 aliphatic heterocycles. The lowest BCUT2D eigenvalue weighted by Gasteiger charge is -2.42. The molecule has 4 nitrogen and oxygen atoms in total. The number of carbonyl (C=O) groups is 1. The first-order chi connectivity index (χ1) is 6.70. The zero-order valence-electron chi connectivity index (χ0n) is 8.65. The molecule has 0 aromatic rings. The molecule has 1 rings (SSSR count). The van der Waals surface area contributed by atoms with Gasteiger partial charge in [0.1, 0.15) is 0 Å². The van der Waals surface area contributed by atoms with Gasteiger partial charge in [0, 0.05) is 12.6 Å². The predicted octanol–water partition coefficient (Wildman–Crippen LogP) is 0.554. The summed E-state index contributed by atoms with van der Waals surface area (Å²) in [6.45, 7) is 3.67. The number of carboxylic acid groups (broad SMARTS) is 1. The molecule has 0 heterocycles. The second kappa shape index (κ2) is 5.32. The molecule has 14 heavy (non-hydrogen) atoms. The predicted molar refractivity (Wildman–Crippen MR) is 53.1 cm³/mol. The summed E-state index contributed by atoms with van der Waals surface area (Å²) in [5.74, 6) is -0.909. The minimum Gasteiger partial charge on any atom is -0.481 e. The molecular formula is C10H19NO3. The van der Waals surface area contributed by atoms with Crippen molar-refractivity contribution in [3.8, 4) is 0 Å². The van der Waals surface area contributed by atoms with E-state index >= 15 is 0 Å². The van der Waals surface area contributed by atoms with Crippen LogP contribution in [0.15, 0.2) is 0 Å². The first kappa shape index (κ1) is 11.5. The number of nitrogens with zero attached hydrogens (tertiary/aromatic N) is 1. The van der Waals surface area contributed by atoms with E-state index in [9.17, 15) is 4.79 Å². The Morgan fingerprint density at radius 1 is 1.43 bits per heavy atom. The molecular weight excluding hydrogens is 182 g/mol. The Kier molecular flexibility index (Phi) is 4.35. The molecule has 1 aliphatic rings. The lowest BCUT2D eigenvalue weighted by molar-refractivity contribution is -0.149. The maximum absolute atomic E-state index is 10.8. The Morgan fingerprint density at radius 2 is 2.14 bits per heavy atom. The van der Waals surface area contributed by atoms with Gasteiger partial charge in [-0.15, -0.1) is 0 Å². The molecule has 0 bridgehead atoms. The number of aliphatic hydroxyl groups is 1. The quantitative estimate of drug-likeness (QED) is 0.659. The first-order valence-electron chi connectivity index (χ1n) is 5.28. The average molecular weight is 201 g/mol. The van der Waals surface area contributed by atoms with Crippen LogP contribution in [0.1, 0.15) is 26.2 Å². The number of hydrogen-bond donors (Lipinski definition) is 2. The molecule has 0 saturated heterocycles. The van der Waals surface area contributed by atoms with Gasteiger partial charge >= 0.3 is 5.97 Å². The first-order valence-corrected chi connectivity index (χ1v) is 5.28. The molecule has 0 amide bonds. The zero-order chi connectivity index (χ0) is 10.6. The molecule has 1 fully saturated rings. The Bertz CT molecular complexity index is 190. The number of aliphatic hydroxyl groups excluding tert-OH is 1. The molecule has 1 saturated carbocycles. The summed E-state index contributed by atoms with van der Waals surface area (Å²) in [5, 5.41) is 17.8. The van der Waals surface area contributed by atoms with Crippen molar-refractivity contribution >= 4 is 5.97 Å². The molecule has 0 aromatic heterocycles. The van der Waals surface area contributed by atoms with Crippen LogP contribution in [0.4, 0.5) is 0 Å². The van der Waals surface area contributed by atoms with E-state index in [1.807, 2.05) is 0 Å². The van der Waals surface area contributed by atoms with Crippen molar-refractivity contribution in [2.24, 2.45) is 5.92 Å². The molecule has 4 heteroatoms. The lowest BCUT2D eigenvalue weighted by atomic mass is 9.78. The van der Waals surface area contributed by atoms with E-state index in [1.165, 1.54) is 0 Å². The van der Waals surface area contributed by atoms with E-state index in [1.54, 1.807) is 0 Å². The Morgan fingerprint density at radius 3 is 2.50 bits per heavy atom. The van der Waals surface area contributed by atoms with Crippen LogP contribution in [0.25, 0.3) is 0 Å². The van der Waals surface area contributed by atoms with Gasteiger partial charge in [-0.05, 0) is 25.8 Å². The summed E-state index contributed by atoms with van der Waals surface area (Å²) in [5.41, 5.74) is 0. The Balaban J connectivity index is 2.46. The molecule has 0 radical (unpaired) electrons. The van der Waals surface area contributed by atoms with Gasteiger partial charge in [-0.25, -0.2) is 0 Å². The molecule has 82 valence electrons. The smallest absolute Gasteiger partial charge is 0.308 e. The van der Waals surface area contributed by atoms with Gasteiger partial charge in [-0.2, -0.15) is 0 Å². The van der Waals surface area contributed by atoms with Crippen LogP contribution in [0.2, 0.25) is 0 Å². The second-order valence-electron chi connectivity index (χ2n) is 3.85. The summed E-state index contributed by atoms with van der Waals surface area (Å²) in [4.78, 5) is 12.9. The second-order valence-corrected chi connectivity index (χ2v) is 3.85. The number of aliphatic carboxylic acids is 1. The normalized spacial score (nSPS) is 26.2. The van der Waals surface area contributed by atoms with E-state index in [2.05, 4.69) is 11.8 Å². The molecule has 1 aliphatic carbocycles. The van der Waals surface area contributed by atoms with E-state index in [0.717, 1.165) is 25.8 Å². The average Bonchev–Trinajstić information content (AvgIpc) is 2.01. The largest absolute Gasteiger partial charge is 0.481 e. The summed E-state index contributed by atoms with van der Waals surface area (Å²) < 4.78 is 0. The highest BCUT2D eigenvalue weighted by Crippen LogP contribution is 2.32. The van der Waals surface area contributed by atoms with Crippen molar-refractivity contribution in [2.75, 3.05) is 19.7 Å². The molecule has 2 N–H and O–H groups in total. The number of carboxylic acids is 1. The highest BCUT2D eigenvalue weighted by molar-refractivity contribution is 5.72. The minimum atomic E-state index is -0.694. The summed E-state index contributed by atoms with van der Waals surface area (Å²) in [6, 6.07) is 0.152. The van der Waals surface area contributed by atoms with Crippen LogP contribution in [0, 0.1) is 5.92 Å². The van der Waals surface area contributed by atoms with Gasteiger partial charge in [-0.1, -0.05) is 6.92 Å². The highest BCUT2D eigenvalue weighted by atomic mass is 16.4. The van der Waals surface area contributed by atoms with Gasteiger partial charge < -0.3 is 10.2 Å². The van der Waals surface area contributed by atoms with Crippen LogP contribution < -0.4 is 0 Å². The highest BCUT2D eigenvalue weighted by Gasteiger charge is 2.39. The van der Waals surface area contributed by atoms with Crippen molar-refractivity contribution in [3.05, 3.63) is 0 Å². The number of hydrogen-bond acceptors (Lipinski definition) is 3. The monoisotopic (exact) mass is 201 g/mol. The maximum atomic E-state index is 10.8. The van der Waals surface area contributed by atoms with E-state index in [0.29, 0.717) is 6.54 Å². The third kappa shape index (κ3) is 2.45. The van der Waals surface area contributed by atoms with Gasteiger partial charge in [-0.3, -0.25) is 9.69 Å². The van der Waals surface area contributed by atoms with Crippen LogP contribution in [0.3, 0.4) is 0 Å². The van der Waals surface area contributed by atoms with Crippen molar-refractivity contribution in [2.45, 2.75) is 32.2 Å². The van der Waals surface area contributed by atoms with Gasteiger partial charge in [0.15, 0.2) is 0 Å². The standard InChI is InChI=1S/C10H19NO3/c1-2-5-11(6-7-12)9-4-3-8(9)10(13)14/h8-9,12H,2-7H2,1H3,(H,13,14). The topological polar surface area (TPSA) is 60.8 Å². The van der Waals surface area contributed by atoms with Gasteiger partial charge in [0.05, 0.1) is 12.5 Å². The molecule has 0 spiro atoms. The van der Waals surface area contributed by atoms with Crippen LogP contribution in [-0.4, -0.2) is 46.8 Å². The van der Waals surface area contributed by atoms with Gasteiger partial charge in [0.25, 0.3) is 0 Å². The fraction of sp³-hybridized carbons (Fsp3) is 0.900. The van der Waals surface area contributed by atoms with Crippen LogP contribution >= 0.6 is 0 Å². The van der Waals surface area contributed by atoms with Crippen molar-refractivity contribution in [1.29, 1.82) is 0 Å². The SMILES string of the molecule is CCCN(CCO)C1CCC1C(=O)O. The lowest BCUT2D eigenvalue weighted by Crippen LogP contribution is -2.51. The van der Waals surface area contributed by atoms with Crippen LogP contribution in [0.5, 0.6) is 0 Å².